The Morgan fingerprint density at radius 2 is 1.28 bits per heavy atom. The minimum absolute atomic E-state index is 0.879. The van der Waals surface area contributed by atoms with Crippen molar-refractivity contribution in [3.63, 3.8) is 0 Å². The average Bonchev–Trinajstić information content (AvgIpc) is 2.56. The van der Waals surface area contributed by atoms with Crippen LogP contribution in [0.2, 0.25) is 0 Å². The van der Waals surface area contributed by atoms with Gasteiger partial charge in [0, 0.05) is 20.8 Å². The van der Waals surface area contributed by atoms with Gasteiger partial charge >= 0.3 is 30.1 Å². The molecule has 1 aliphatic heterocycles. The number of hydrogen-bond acceptors (Lipinski definition) is 11. The molecule has 11 nitrogen and oxygen atoms in total. The van der Waals surface area contributed by atoms with Crippen LogP contribution in [0.15, 0.2) is 0 Å². The molecule has 1 rings (SSSR count). The standard InChI is InChI=1S/C15H18F3NO10/c1-5(20)25-8-9(26-6(2)21)11(27-7(3)22)13(28-10(8)12(23)24-4)29-14(19)15(16,17)18/h8-11,13,19H,1-4H3/t8-,9-,10-,11+,13?/m0/s1. The first-order valence-electron chi connectivity index (χ1n) is 7.85. The summed E-state index contributed by atoms with van der Waals surface area (Å²) in [7, 11) is 0.906. The monoisotopic (exact) mass is 429 g/mol. The van der Waals surface area contributed by atoms with E-state index in [4.69, 9.17) is 24.4 Å². The van der Waals surface area contributed by atoms with Crippen LogP contribution in [0.25, 0.3) is 0 Å². The van der Waals surface area contributed by atoms with Gasteiger partial charge in [-0.3, -0.25) is 19.8 Å². The number of alkyl halides is 3. The van der Waals surface area contributed by atoms with E-state index in [0.717, 1.165) is 27.9 Å². The molecule has 0 aromatic rings. The summed E-state index contributed by atoms with van der Waals surface area (Å²) in [6.45, 7) is 2.72. The summed E-state index contributed by atoms with van der Waals surface area (Å²) in [5.74, 6) is -6.51. The predicted octanol–water partition coefficient (Wildman–Crippen LogP) is 0.236. The minimum atomic E-state index is -5.24. The highest BCUT2D eigenvalue weighted by molar-refractivity contribution is 5.79. The van der Waals surface area contributed by atoms with Crippen molar-refractivity contribution in [2.24, 2.45) is 0 Å². The molecule has 0 saturated carbocycles. The highest BCUT2D eigenvalue weighted by Gasteiger charge is 2.57. The maximum atomic E-state index is 12.7. The number of carbonyl (C=O) groups is 4. The minimum Gasteiger partial charge on any atom is -0.467 e. The summed E-state index contributed by atoms with van der Waals surface area (Å²) >= 11 is 0. The largest absolute Gasteiger partial charge is 0.467 e. The second-order valence-corrected chi connectivity index (χ2v) is 5.62. The number of nitrogens with one attached hydrogen (secondary N) is 1. The van der Waals surface area contributed by atoms with Gasteiger partial charge in [-0.15, -0.1) is 0 Å². The van der Waals surface area contributed by atoms with Crippen LogP contribution < -0.4 is 0 Å². The Bertz CT molecular complexity index is 680. The quantitative estimate of drug-likeness (QED) is 0.279. The molecule has 1 unspecified atom stereocenters. The molecule has 1 heterocycles. The van der Waals surface area contributed by atoms with Crippen molar-refractivity contribution in [2.75, 3.05) is 7.11 Å². The highest BCUT2D eigenvalue weighted by Crippen LogP contribution is 2.31. The number of halogens is 3. The summed E-state index contributed by atoms with van der Waals surface area (Å²) in [6, 6.07) is 0. The van der Waals surface area contributed by atoms with Gasteiger partial charge in [0.05, 0.1) is 7.11 Å². The zero-order valence-corrected chi connectivity index (χ0v) is 15.6. The van der Waals surface area contributed by atoms with Crippen molar-refractivity contribution in [3.05, 3.63) is 0 Å². The third-order valence-electron chi connectivity index (χ3n) is 3.33. The fraction of sp³-hybridized carbons (Fsp3) is 0.667. The maximum absolute atomic E-state index is 12.7. The van der Waals surface area contributed by atoms with Crippen LogP contribution in [0.3, 0.4) is 0 Å². The van der Waals surface area contributed by atoms with Gasteiger partial charge < -0.3 is 28.4 Å². The summed E-state index contributed by atoms with van der Waals surface area (Å²) < 4.78 is 66.7. The Labute approximate surface area is 161 Å². The van der Waals surface area contributed by atoms with Crippen LogP contribution in [0.4, 0.5) is 13.2 Å². The summed E-state index contributed by atoms with van der Waals surface area (Å²) in [5, 5.41) is 6.96. The van der Waals surface area contributed by atoms with E-state index in [0.29, 0.717) is 0 Å². The summed E-state index contributed by atoms with van der Waals surface area (Å²) in [6.07, 6.45) is -14.9. The van der Waals surface area contributed by atoms with Crippen LogP contribution in [0.1, 0.15) is 20.8 Å². The first kappa shape index (κ1) is 24.1. The number of carbonyl (C=O) groups excluding carboxylic acids is 4. The Balaban J connectivity index is 3.44. The molecule has 0 bridgehead atoms. The third kappa shape index (κ3) is 6.58. The average molecular weight is 429 g/mol. The molecule has 1 saturated heterocycles. The van der Waals surface area contributed by atoms with Crippen molar-refractivity contribution in [2.45, 2.75) is 57.7 Å². The molecule has 29 heavy (non-hydrogen) atoms. The molecule has 0 aliphatic carbocycles. The molecule has 0 aromatic carbocycles. The van der Waals surface area contributed by atoms with Gasteiger partial charge in [0.2, 0.25) is 12.4 Å². The van der Waals surface area contributed by atoms with Gasteiger partial charge in [-0.2, -0.15) is 13.2 Å². The Morgan fingerprint density at radius 3 is 1.69 bits per heavy atom. The van der Waals surface area contributed by atoms with Crippen LogP contribution in [0, 0.1) is 5.41 Å². The Kier molecular flexibility index (Phi) is 7.94. The lowest BCUT2D eigenvalue weighted by Crippen LogP contribution is -2.64. The summed E-state index contributed by atoms with van der Waals surface area (Å²) in [5.41, 5.74) is 0. The van der Waals surface area contributed by atoms with E-state index in [1.54, 1.807) is 0 Å². The number of esters is 4. The van der Waals surface area contributed by atoms with Gasteiger partial charge in [-0.25, -0.2) is 4.79 Å². The molecule has 1 fully saturated rings. The Hall–Kier alpha value is -2.90. The predicted molar refractivity (Wildman–Crippen MR) is 82.2 cm³/mol. The topological polar surface area (TPSA) is 148 Å². The second kappa shape index (κ2) is 9.54. The number of methoxy groups -OCH3 is 1. The normalized spacial score (nSPS) is 26.7. The fourth-order valence-corrected chi connectivity index (χ4v) is 2.36. The van der Waals surface area contributed by atoms with Crippen molar-refractivity contribution < 1.29 is 60.8 Å². The van der Waals surface area contributed by atoms with Gasteiger partial charge in [-0.1, -0.05) is 0 Å². The van der Waals surface area contributed by atoms with Crippen LogP contribution in [-0.4, -0.2) is 73.8 Å². The van der Waals surface area contributed by atoms with E-state index in [2.05, 4.69) is 9.47 Å². The van der Waals surface area contributed by atoms with E-state index in [1.807, 2.05) is 0 Å². The van der Waals surface area contributed by atoms with E-state index in [9.17, 15) is 32.3 Å². The number of hydrogen-bond donors (Lipinski definition) is 1. The van der Waals surface area contributed by atoms with E-state index in [1.165, 1.54) is 0 Å². The van der Waals surface area contributed by atoms with Crippen LogP contribution >= 0.6 is 0 Å². The maximum Gasteiger partial charge on any atom is 0.467 e. The molecule has 1 aliphatic rings. The molecular weight excluding hydrogens is 411 g/mol. The molecule has 164 valence electrons. The lowest BCUT2D eigenvalue weighted by atomic mass is 9.97. The molecule has 0 amide bonds. The van der Waals surface area contributed by atoms with E-state index >= 15 is 0 Å². The molecule has 0 radical (unpaired) electrons. The van der Waals surface area contributed by atoms with Crippen molar-refractivity contribution in [1.82, 2.24) is 0 Å². The smallest absolute Gasteiger partial charge is 0.467 e. The highest BCUT2D eigenvalue weighted by atomic mass is 19.4. The lowest BCUT2D eigenvalue weighted by molar-refractivity contribution is -0.289. The van der Waals surface area contributed by atoms with E-state index in [-0.39, 0.29) is 0 Å². The molecule has 14 heteroatoms. The zero-order chi connectivity index (χ0) is 22.5. The number of ether oxygens (including phenoxy) is 6. The zero-order valence-electron chi connectivity index (χ0n) is 15.6. The third-order valence-corrected chi connectivity index (χ3v) is 3.33. The van der Waals surface area contributed by atoms with Gasteiger partial charge in [0.15, 0.2) is 18.3 Å². The lowest BCUT2D eigenvalue weighted by Gasteiger charge is -2.43. The molecule has 0 aromatic heterocycles. The molecule has 0 spiro atoms. The molecular formula is C15H18F3NO10. The summed E-state index contributed by atoms with van der Waals surface area (Å²) in [4.78, 5) is 46.4. The molecule has 1 N–H and O–H groups in total. The van der Waals surface area contributed by atoms with E-state index < -0.39 is 66.7 Å². The Morgan fingerprint density at radius 1 is 0.828 bits per heavy atom. The van der Waals surface area contributed by atoms with Gasteiger partial charge in [0.25, 0.3) is 5.90 Å². The van der Waals surface area contributed by atoms with Crippen LogP contribution in [-0.2, 0) is 47.6 Å². The SMILES string of the molecule is COC(=O)[C@H]1OC(OC(=N)C(F)(F)F)[C@H](OC(C)=O)[C@@H](OC(C)=O)[C@@H]1OC(C)=O. The number of rotatable bonds is 5. The van der Waals surface area contributed by atoms with Crippen molar-refractivity contribution in [3.8, 4) is 0 Å². The van der Waals surface area contributed by atoms with Crippen molar-refractivity contribution >= 4 is 29.8 Å². The van der Waals surface area contributed by atoms with Crippen molar-refractivity contribution in [1.29, 1.82) is 5.41 Å². The molecule has 5 atom stereocenters. The first-order valence-corrected chi connectivity index (χ1v) is 7.85. The fourth-order valence-electron chi connectivity index (χ4n) is 2.36. The van der Waals surface area contributed by atoms with Gasteiger partial charge in [0.1, 0.15) is 0 Å². The van der Waals surface area contributed by atoms with Gasteiger partial charge in [-0.05, 0) is 0 Å². The van der Waals surface area contributed by atoms with Crippen LogP contribution in [0.5, 0.6) is 0 Å². The first-order chi connectivity index (χ1) is 13.3. The second-order valence-electron chi connectivity index (χ2n) is 5.62.